The molecule has 1 atom stereocenters. The Morgan fingerprint density at radius 1 is 1.16 bits per heavy atom. The summed E-state index contributed by atoms with van der Waals surface area (Å²) in [5.74, 6) is -5.59. The molecule has 2 fully saturated rings. The van der Waals surface area contributed by atoms with Crippen molar-refractivity contribution in [1.29, 1.82) is 0 Å². The molecule has 0 radical (unpaired) electrons. The quantitative estimate of drug-likeness (QED) is 0.287. The van der Waals surface area contributed by atoms with E-state index in [4.69, 9.17) is 21.1 Å². The van der Waals surface area contributed by atoms with Crippen LogP contribution < -0.4 is 20.9 Å². The number of carbonyl (C=O) groups is 2. The van der Waals surface area contributed by atoms with Gasteiger partial charge in [0.25, 0.3) is 23.3 Å². The number of hydrogen-bond donors (Lipinski definition) is 2. The number of halogens is 4. The van der Waals surface area contributed by atoms with Crippen LogP contribution in [-0.2, 0) is 11.3 Å². The number of alkyl halides is 2. The van der Waals surface area contributed by atoms with Crippen molar-refractivity contribution in [3.8, 4) is 17.0 Å². The van der Waals surface area contributed by atoms with Crippen LogP contribution in [0.2, 0.25) is 5.02 Å². The lowest BCUT2D eigenvalue weighted by Crippen LogP contribution is -2.58. The first kappa shape index (κ1) is 32.5. The minimum Gasteiger partial charge on any atom is -0.478 e. The second-order valence-corrected chi connectivity index (χ2v) is 11.6. The minimum atomic E-state index is -3.03. The van der Waals surface area contributed by atoms with Crippen molar-refractivity contribution in [1.82, 2.24) is 19.8 Å². The topological polar surface area (TPSA) is 115 Å². The second-order valence-electron chi connectivity index (χ2n) is 11.2. The van der Waals surface area contributed by atoms with Crippen LogP contribution >= 0.6 is 11.6 Å². The van der Waals surface area contributed by atoms with Crippen molar-refractivity contribution >= 4 is 29.2 Å². The molecule has 2 amide bonds. The summed E-state index contributed by atoms with van der Waals surface area (Å²) >= 11 is 6.05. The molecule has 10 nitrogen and oxygen atoms in total. The largest absolute Gasteiger partial charge is 0.478 e. The van der Waals surface area contributed by atoms with Crippen LogP contribution in [0.4, 0.5) is 19.0 Å². The molecule has 45 heavy (non-hydrogen) atoms. The van der Waals surface area contributed by atoms with Crippen molar-refractivity contribution in [3.63, 3.8) is 0 Å². The third-order valence-corrected chi connectivity index (χ3v) is 7.71. The van der Waals surface area contributed by atoms with E-state index in [1.165, 1.54) is 24.3 Å². The van der Waals surface area contributed by atoms with Crippen molar-refractivity contribution in [2.75, 3.05) is 38.7 Å². The number of pyridine rings is 2. The number of likely N-dealkylation sites (tertiary alicyclic amines) is 1. The van der Waals surface area contributed by atoms with E-state index in [9.17, 15) is 23.2 Å². The average molecular weight is 648 g/mol. The molecule has 2 N–H and O–H groups in total. The number of hydrogen-bond acceptors (Lipinski definition) is 7. The Morgan fingerprint density at radius 3 is 2.53 bits per heavy atom. The Kier molecular flexibility index (Phi) is 9.52. The smallest absolute Gasteiger partial charge is 0.282 e. The number of aromatic nitrogens is 2. The zero-order valence-electron chi connectivity index (χ0n) is 25.0. The molecule has 1 aliphatic heterocycles. The molecule has 5 rings (SSSR count). The fourth-order valence-electron chi connectivity index (χ4n) is 5.03. The number of benzene rings is 1. The van der Waals surface area contributed by atoms with E-state index in [1.54, 1.807) is 24.8 Å². The van der Waals surface area contributed by atoms with Crippen LogP contribution in [0, 0.1) is 5.82 Å². The Morgan fingerprint density at radius 2 is 1.89 bits per heavy atom. The van der Waals surface area contributed by atoms with E-state index < -0.39 is 42.2 Å². The van der Waals surface area contributed by atoms with Crippen LogP contribution in [0.3, 0.4) is 0 Å². The highest BCUT2D eigenvalue weighted by molar-refractivity contribution is 6.31. The molecule has 3 heterocycles. The van der Waals surface area contributed by atoms with Crippen molar-refractivity contribution in [3.05, 3.63) is 74.4 Å². The SMILES string of the molecule is CCOc1cc(-c2c(F)cc(Cl)cc2C(=O)N2CC(F)(F)C2)cc(NC(=O)c2cc(CNC[C@H](C)OC)cn(C3CC3)c2=O)n1. The number of ether oxygens (including phenoxy) is 2. The summed E-state index contributed by atoms with van der Waals surface area (Å²) in [4.78, 5) is 45.2. The third-order valence-electron chi connectivity index (χ3n) is 7.49. The maximum Gasteiger partial charge on any atom is 0.282 e. The monoisotopic (exact) mass is 647 g/mol. The van der Waals surface area contributed by atoms with Crippen LogP contribution in [0.1, 0.15) is 59.0 Å². The molecule has 0 bridgehead atoms. The van der Waals surface area contributed by atoms with E-state index in [0.29, 0.717) is 13.1 Å². The summed E-state index contributed by atoms with van der Waals surface area (Å²) in [5, 5.41) is 5.76. The summed E-state index contributed by atoms with van der Waals surface area (Å²) in [6.45, 7) is 3.11. The van der Waals surface area contributed by atoms with Crippen LogP contribution in [-0.4, -0.2) is 71.6 Å². The van der Waals surface area contributed by atoms with Crippen LogP contribution in [0.25, 0.3) is 11.1 Å². The molecule has 0 unspecified atom stereocenters. The number of nitrogens with one attached hydrogen (secondary N) is 2. The van der Waals surface area contributed by atoms with Gasteiger partial charge >= 0.3 is 0 Å². The van der Waals surface area contributed by atoms with Gasteiger partial charge in [0.2, 0.25) is 5.88 Å². The van der Waals surface area contributed by atoms with E-state index in [1.807, 2.05) is 6.92 Å². The van der Waals surface area contributed by atoms with E-state index >= 15 is 4.39 Å². The summed E-state index contributed by atoms with van der Waals surface area (Å²) in [6.07, 6.45) is 3.35. The van der Waals surface area contributed by atoms with E-state index in [2.05, 4.69) is 15.6 Å². The van der Waals surface area contributed by atoms with Gasteiger partial charge in [-0.15, -0.1) is 0 Å². The number of methoxy groups -OCH3 is 1. The molecule has 2 aromatic heterocycles. The first-order valence-electron chi connectivity index (χ1n) is 14.5. The molecular weight excluding hydrogens is 615 g/mol. The first-order valence-corrected chi connectivity index (χ1v) is 14.9. The number of amides is 2. The van der Waals surface area contributed by atoms with Gasteiger partial charge in [-0.1, -0.05) is 11.6 Å². The zero-order chi connectivity index (χ0) is 32.5. The van der Waals surface area contributed by atoms with Gasteiger partial charge in [-0.3, -0.25) is 14.4 Å². The molecule has 14 heteroatoms. The lowest BCUT2D eigenvalue weighted by atomic mass is 9.97. The molecule has 240 valence electrons. The first-order chi connectivity index (χ1) is 21.4. The molecule has 1 saturated carbocycles. The summed E-state index contributed by atoms with van der Waals surface area (Å²) in [7, 11) is 1.61. The highest BCUT2D eigenvalue weighted by Crippen LogP contribution is 2.37. The second kappa shape index (κ2) is 13.2. The van der Waals surface area contributed by atoms with Gasteiger partial charge in [0.15, 0.2) is 0 Å². The lowest BCUT2D eigenvalue weighted by Gasteiger charge is -2.39. The Labute approximate surface area is 262 Å². The van der Waals surface area contributed by atoms with E-state index in [0.717, 1.165) is 29.4 Å². The molecule has 2 aliphatic rings. The number of rotatable bonds is 12. The summed E-state index contributed by atoms with van der Waals surface area (Å²) in [6, 6.07) is 6.37. The van der Waals surface area contributed by atoms with Gasteiger partial charge in [-0.25, -0.2) is 13.2 Å². The van der Waals surface area contributed by atoms with Crippen LogP contribution in [0.5, 0.6) is 5.88 Å². The van der Waals surface area contributed by atoms with Gasteiger partial charge in [0.05, 0.1) is 31.4 Å². The molecular formula is C31H33ClF3N5O5. The van der Waals surface area contributed by atoms with Gasteiger partial charge in [0, 0.05) is 49.1 Å². The summed E-state index contributed by atoms with van der Waals surface area (Å²) < 4.78 is 54.9. The maximum absolute atomic E-state index is 15.5. The standard InChI is InChI=1S/C31H33ClF3N5O5/c1-4-45-26-9-19(27-22(10-20(32)11-24(27)33)29(42)39-15-31(34,35)16-39)8-25(37-26)38-28(41)23-7-18(13-36-12-17(2)44-3)14-40(30(23)43)21-5-6-21/h7-11,14,17,21,36H,4-6,12-13,15-16H2,1-3H3,(H,37,38,41)/t17-/m0/s1. The molecule has 3 aromatic rings. The van der Waals surface area contributed by atoms with Crippen molar-refractivity contribution < 1.29 is 32.2 Å². The highest BCUT2D eigenvalue weighted by atomic mass is 35.5. The Balaban J connectivity index is 1.49. The van der Waals surface area contributed by atoms with Crippen molar-refractivity contribution in [2.24, 2.45) is 0 Å². The molecule has 1 aliphatic carbocycles. The number of carbonyl (C=O) groups excluding carboxylic acids is 2. The van der Waals surface area contributed by atoms with E-state index in [-0.39, 0.29) is 57.7 Å². The highest BCUT2D eigenvalue weighted by Gasteiger charge is 2.47. The third kappa shape index (κ3) is 7.48. The van der Waals surface area contributed by atoms with Crippen LogP contribution in [0.15, 0.2) is 41.3 Å². The van der Waals surface area contributed by atoms with Gasteiger partial charge in [-0.2, -0.15) is 4.98 Å². The normalized spacial score (nSPS) is 16.2. The Bertz CT molecular complexity index is 1670. The van der Waals surface area contributed by atoms with Gasteiger partial charge < -0.3 is 29.6 Å². The fraction of sp³-hybridized carbons (Fsp3) is 0.419. The van der Waals surface area contributed by atoms with Gasteiger partial charge in [-0.05, 0) is 62.1 Å². The maximum atomic E-state index is 15.5. The minimum absolute atomic E-state index is 0.00287. The zero-order valence-corrected chi connectivity index (χ0v) is 25.7. The van der Waals surface area contributed by atoms with Crippen molar-refractivity contribution in [2.45, 2.75) is 51.3 Å². The van der Waals surface area contributed by atoms with Gasteiger partial charge in [0.1, 0.15) is 17.2 Å². The Hall–Kier alpha value is -3.94. The average Bonchev–Trinajstić information content (AvgIpc) is 3.81. The fourth-order valence-corrected chi connectivity index (χ4v) is 5.23. The summed E-state index contributed by atoms with van der Waals surface area (Å²) in [5.41, 5.74) is -0.250. The predicted octanol–water partition coefficient (Wildman–Crippen LogP) is 4.90. The predicted molar refractivity (Wildman–Crippen MR) is 162 cm³/mol. The molecule has 1 saturated heterocycles. The molecule has 0 spiro atoms. The molecule has 1 aromatic carbocycles. The number of nitrogens with zero attached hydrogens (tertiary/aromatic N) is 3. The lowest BCUT2D eigenvalue weighted by molar-refractivity contribution is -0.113. The number of anilines is 1.